The molecule has 1 aliphatic heterocycles. The fraction of sp³-hybridized carbons (Fsp3) is 0.429. The largest absolute Gasteiger partial charge is 0.348 e. The Morgan fingerprint density at radius 1 is 1.25 bits per heavy atom. The predicted octanol–water partition coefficient (Wildman–Crippen LogP) is 2.36. The van der Waals surface area contributed by atoms with Crippen LogP contribution >= 0.6 is 0 Å². The van der Waals surface area contributed by atoms with Gasteiger partial charge < -0.3 is 4.90 Å². The van der Waals surface area contributed by atoms with Gasteiger partial charge in [0.25, 0.3) is 5.92 Å². The third-order valence-electron chi connectivity index (χ3n) is 5.30. The van der Waals surface area contributed by atoms with E-state index in [0.717, 1.165) is 0 Å². The molecule has 8 nitrogen and oxygen atoms in total. The molecule has 32 heavy (non-hydrogen) atoms. The van der Waals surface area contributed by atoms with Crippen molar-refractivity contribution >= 4 is 27.7 Å². The number of anilines is 1. The number of aromatic nitrogens is 5. The quantitative estimate of drug-likeness (QED) is 0.472. The summed E-state index contributed by atoms with van der Waals surface area (Å²) in [7, 11) is -2.89. The Hall–Kier alpha value is -3.13. The molecule has 4 rings (SSSR count). The molecule has 0 bridgehead atoms. The minimum Gasteiger partial charge on any atom is -0.348 e. The molecule has 2 aromatic heterocycles. The van der Waals surface area contributed by atoms with Gasteiger partial charge in [-0.1, -0.05) is 38.0 Å². The monoisotopic (exact) mass is 460 g/mol. The molecule has 0 aliphatic carbocycles. The fourth-order valence-electron chi connectivity index (χ4n) is 3.62. The minimum atomic E-state index is -2.89. The van der Waals surface area contributed by atoms with E-state index in [-0.39, 0.29) is 29.9 Å². The number of hydrogen-bond acceptors (Lipinski definition) is 7. The van der Waals surface area contributed by atoms with Crippen LogP contribution in [0.1, 0.15) is 44.1 Å². The van der Waals surface area contributed by atoms with E-state index in [9.17, 15) is 17.2 Å². The molecule has 3 heterocycles. The number of hydrogen-bond donors (Lipinski definition) is 1. The molecular weight excluding hydrogens is 438 g/mol. The van der Waals surface area contributed by atoms with E-state index in [4.69, 9.17) is 6.42 Å². The van der Waals surface area contributed by atoms with Gasteiger partial charge in [0.1, 0.15) is 5.82 Å². The molecule has 1 aliphatic rings. The smallest absolute Gasteiger partial charge is 0.266 e. The second-order valence-electron chi connectivity index (χ2n) is 8.77. The Balaban J connectivity index is 1.89. The minimum absolute atomic E-state index is 0.00567. The van der Waals surface area contributed by atoms with Crippen LogP contribution in [0.2, 0.25) is 0 Å². The first-order valence-corrected chi connectivity index (χ1v) is 11.2. The second-order valence-corrected chi connectivity index (χ2v) is 9.77. The van der Waals surface area contributed by atoms with Gasteiger partial charge in [0.15, 0.2) is 27.7 Å². The number of benzene rings is 1. The highest BCUT2D eigenvalue weighted by molar-refractivity contribution is 7.72. The number of rotatable bonds is 4. The highest BCUT2D eigenvalue weighted by atomic mass is 32.2. The number of fused-ring (bicyclic) bond motifs is 1. The molecule has 0 amide bonds. The lowest BCUT2D eigenvalue weighted by atomic mass is 9.96. The molecule has 11 heteroatoms. The molecule has 0 radical (unpaired) electrons. The third-order valence-corrected chi connectivity index (χ3v) is 6.11. The van der Waals surface area contributed by atoms with Crippen molar-refractivity contribution in [1.29, 1.82) is 0 Å². The molecule has 0 unspecified atom stereocenters. The number of alkyl halides is 2. The van der Waals surface area contributed by atoms with E-state index in [1.807, 2.05) is 20.8 Å². The predicted molar refractivity (Wildman–Crippen MR) is 116 cm³/mol. The van der Waals surface area contributed by atoms with Crippen LogP contribution in [0.15, 0.2) is 23.1 Å². The first kappa shape index (κ1) is 22.1. The van der Waals surface area contributed by atoms with Gasteiger partial charge in [-0.3, -0.25) is 0 Å². The average Bonchev–Trinajstić information content (AvgIpc) is 3.29. The van der Waals surface area contributed by atoms with Crippen LogP contribution in [-0.4, -0.2) is 52.4 Å². The van der Waals surface area contributed by atoms with Crippen molar-refractivity contribution in [1.82, 2.24) is 25.0 Å². The molecule has 3 aromatic rings. The highest BCUT2D eigenvalue weighted by Crippen LogP contribution is 2.34. The second kappa shape index (κ2) is 7.78. The Labute approximate surface area is 185 Å². The molecule has 0 spiro atoms. The van der Waals surface area contributed by atoms with Gasteiger partial charge in [0, 0.05) is 29.5 Å². The van der Waals surface area contributed by atoms with Crippen molar-refractivity contribution in [3.63, 3.8) is 0 Å². The summed E-state index contributed by atoms with van der Waals surface area (Å²) >= 11 is 0. The first-order chi connectivity index (χ1) is 15.0. The Morgan fingerprint density at radius 3 is 2.59 bits per heavy atom. The lowest BCUT2D eigenvalue weighted by molar-refractivity contribution is 0.0257. The third kappa shape index (κ3) is 4.02. The summed E-state index contributed by atoms with van der Waals surface area (Å²) < 4.78 is 52.8. The number of terminal acetylenes is 1. The van der Waals surface area contributed by atoms with Crippen molar-refractivity contribution < 1.29 is 17.2 Å². The fourth-order valence-corrected chi connectivity index (χ4v) is 4.24. The average molecular weight is 461 g/mol. The molecule has 1 saturated heterocycles. The Bertz CT molecular complexity index is 1310. The summed E-state index contributed by atoms with van der Waals surface area (Å²) in [6, 6.07) is 4.68. The number of nitrogens with zero attached hydrogens (tertiary/aromatic N) is 6. The van der Waals surface area contributed by atoms with Crippen molar-refractivity contribution in [2.45, 2.75) is 50.0 Å². The Kier molecular flexibility index (Phi) is 5.36. The van der Waals surface area contributed by atoms with Gasteiger partial charge in [0.2, 0.25) is 0 Å². The molecular formula is C21H22F2N6O2S. The van der Waals surface area contributed by atoms with Crippen molar-refractivity contribution in [2.75, 3.05) is 18.0 Å². The summed E-state index contributed by atoms with van der Waals surface area (Å²) in [5, 5.41) is 8.30. The topological polar surface area (TPSA) is 93.9 Å². The number of halogens is 2. The lowest BCUT2D eigenvalue weighted by Crippen LogP contribution is -2.27. The van der Waals surface area contributed by atoms with Gasteiger partial charge in [-0.05, 0) is 12.1 Å². The molecule has 0 atom stereocenters. The van der Waals surface area contributed by atoms with E-state index in [1.165, 1.54) is 15.6 Å². The zero-order valence-corrected chi connectivity index (χ0v) is 18.7. The zero-order valence-electron chi connectivity index (χ0n) is 17.8. The summed E-state index contributed by atoms with van der Waals surface area (Å²) in [6.07, 6.45) is 5.31. The number of thiol groups is 1. The van der Waals surface area contributed by atoms with Crippen LogP contribution < -0.4 is 4.90 Å². The van der Waals surface area contributed by atoms with Crippen molar-refractivity contribution in [2.24, 2.45) is 0 Å². The van der Waals surface area contributed by atoms with Crippen LogP contribution in [0, 0.1) is 12.3 Å². The summed E-state index contributed by atoms with van der Waals surface area (Å²) in [5.41, 5.74) is 0.939. The van der Waals surface area contributed by atoms with Crippen LogP contribution in [0.4, 0.5) is 14.6 Å². The molecule has 0 N–H and O–H groups in total. The standard InChI is InChI=1S/C21H22F2N6O2S/c1-5-13-7-6-8-15(32(30)31)14(13)11-29-18-16(26-27-29)17(24-19(25-18)20(2,3)4)28-10-9-21(22,23)12-28/h1,6-8,32H,9-12H2,2-4H3. The maximum absolute atomic E-state index is 13.9. The van der Waals surface area contributed by atoms with Crippen LogP contribution in [-0.2, 0) is 22.7 Å². The Morgan fingerprint density at radius 2 is 2.00 bits per heavy atom. The highest BCUT2D eigenvalue weighted by Gasteiger charge is 2.40. The van der Waals surface area contributed by atoms with Crippen LogP contribution in [0.5, 0.6) is 0 Å². The van der Waals surface area contributed by atoms with Crippen molar-refractivity contribution in [3.05, 3.63) is 35.2 Å². The normalized spacial score (nSPS) is 16.1. The molecule has 168 valence electrons. The molecule has 0 saturated carbocycles. The maximum atomic E-state index is 13.9. The van der Waals surface area contributed by atoms with Gasteiger partial charge in [0.05, 0.1) is 18.0 Å². The van der Waals surface area contributed by atoms with E-state index in [0.29, 0.717) is 28.4 Å². The summed E-state index contributed by atoms with van der Waals surface area (Å²) in [4.78, 5) is 10.7. The lowest BCUT2D eigenvalue weighted by Gasteiger charge is -2.22. The zero-order chi connectivity index (χ0) is 23.3. The van der Waals surface area contributed by atoms with Gasteiger partial charge >= 0.3 is 0 Å². The van der Waals surface area contributed by atoms with E-state index in [1.54, 1.807) is 12.1 Å². The van der Waals surface area contributed by atoms with Crippen molar-refractivity contribution in [3.8, 4) is 12.3 Å². The summed E-state index contributed by atoms with van der Waals surface area (Å²) in [5.74, 6) is 0.427. The first-order valence-electron chi connectivity index (χ1n) is 9.97. The molecule has 1 aromatic carbocycles. The van der Waals surface area contributed by atoms with E-state index >= 15 is 0 Å². The molecule has 1 fully saturated rings. The van der Waals surface area contributed by atoms with Crippen LogP contribution in [0.25, 0.3) is 11.2 Å². The van der Waals surface area contributed by atoms with Gasteiger partial charge in [-0.25, -0.2) is 31.8 Å². The maximum Gasteiger partial charge on any atom is 0.266 e. The summed E-state index contributed by atoms with van der Waals surface area (Å²) in [6.45, 7) is 5.42. The van der Waals surface area contributed by atoms with E-state index in [2.05, 4.69) is 26.2 Å². The van der Waals surface area contributed by atoms with E-state index < -0.39 is 28.6 Å². The van der Waals surface area contributed by atoms with Gasteiger partial charge in [-0.15, -0.1) is 11.5 Å². The van der Waals surface area contributed by atoms with Gasteiger partial charge in [-0.2, -0.15) is 0 Å². The van der Waals surface area contributed by atoms with Crippen LogP contribution in [0.3, 0.4) is 0 Å². The SMILES string of the molecule is C#Cc1cccc([SH](=O)=O)c1Cn1nnc2c(N3CCC(F)(F)C3)nc(C(C)(C)C)nc21.